The van der Waals surface area contributed by atoms with Gasteiger partial charge in [-0.1, -0.05) is 97.1 Å². The smallest absolute Gasteiger partial charge is 0.190 e. The minimum absolute atomic E-state index is 0.580. The van der Waals surface area contributed by atoms with E-state index in [1.54, 1.807) is 24.5 Å². The Balaban J connectivity index is 1.38. The summed E-state index contributed by atoms with van der Waals surface area (Å²) in [6.45, 7) is 7.33. The number of rotatable bonds is 4. The third-order valence-corrected chi connectivity index (χ3v) is 7.63. The molecule has 0 spiro atoms. The zero-order chi connectivity index (χ0) is 28.5. The number of pyridine rings is 2. The van der Waals surface area contributed by atoms with Gasteiger partial charge in [-0.25, -0.2) is 4.85 Å². The van der Waals surface area contributed by atoms with Crippen LogP contribution in [0.1, 0.15) is 5.56 Å². The molecule has 0 aliphatic carbocycles. The van der Waals surface area contributed by atoms with Crippen LogP contribution >= 0.6 is 0 Å². The largest absolute Gasteiger partial charge is 0.259 e. The first-order chi connectivity index (χ1) is 20.7. The molecule has 0 atom stereocenters. The first-order valence-corrected chi connectivity index (χ1v) is 13.6. The second kappa shape index (κ2) is 10.5. The lowest BCUT2D eigenvalue weighted by Gasteiger charge is -2.18. The van der Waals surface area contributed by atoms with E-state index in [9.17, 15) is 5.26 Å². The van der Waals surface area contributed by atoms with Crippen LogP contribution in [-0.4, -0.2) is 9.97 Å². The Bertz CT molecular complexity index is 1980. The molecule has 4 nitrogen and oxygen atoms in total. The van der Waals surface area contributed by atoms with Crippen LogP contribution in [0.15, 0.2) is 134 Å². The molecule has 4 heteroatoms. The van der Waals surface area contributed by atoms with E-state index in [0.717, 1.165) is 33.6 Å². The highest BCUT2D eigenvalue weighted by molar-refractivity contribution is 6.21. The van der Waals surface area contributed by atoms with Gasteiger partial charge < -0.3 is 0 Å². The van der Waals surface area contributed by atoms with Crippen molar-refractivity contribution in [2.45, 2.75) is 0 Å². The molecule has 42 heavy (non-hydrogen) atoms. The van der Waals surface area contributed by atoms with Crippen LogP contribution in [0.25, 0.3) is 71.2 Å². The molecule has 0 radical (unpaired) electrons. The lowest BCUT2D eigenvalue weighted by molar-refractivity contribution is 1.31. The van der Waals surface area contributed by atoms with Crippen LogP contribution in [0.4, 0.5) is 5.69 Å². The highest BCUT2D eigenvalue weighted by Crippen LogP contribution is 2.44. The van der Waals surface area contributed by atoms with Gasteiger partial charge in [-0.3, -0.25) is 9.97 Å². The normalized spacial score (nSPS) is 10.8. The number of aromatic nitrogens is 2. The van der Waals surface area contributed by atoms with Crippen LogP contribution in [0.3, 0.4) is 0 Å². The van der Waals surface area contributed by atoms with Gasteiger partial charge in [-0.15, -0.1) is 0 Å². The quantitative estimate of drug-likeness (QED) is 0.167. The minimum atomic E-state index is 0.580. The Labute approximate surface area is 243 Å². The molecule has 2 heterocycles. The summed E-state index contributed by atoms with van der Waals surface area (Å²) in [5.41, 5.74) is 9.31. The maximum Gasteiger partial charge on any atom is 0.190 e. The molecule has 194 valence electrons. The molecule has 0 fully saturated rings. The SMILES string of the molecule is [C-]#[N+]c1ccnc(-c2ccc(-c3c4ccccc4c(-c4ccc(-c5cc(C#N)ccn5)cc4)c4ccccc34)cc2)c1. The summed E-state index contributed by atoms with van der Waals surface area (Å²) >= 11 is 0. The molecule has 0 aliphatic heterocycles. The molecule has 0 aliphatic rings. The summed E-state index contributed by atoms with van der Waals surface area (Å²) in [5.74, 6) is 0. The third-order valence-electron chi connectivity index (χ3n) is 7.63. The predicted octanol–water partition coefficient (Wildman–Crippen LogP) is 9.87. The summed E-state index contributed by atoms with van der Waals surface area (Å²) < 4.78 is 0. The van der Waals surface area contributed by atoms with Gasteiger partial charge in [0.2, 0.25) is 0 Å². The van der Waals surface area contributed by atoms with E-state index in [0.29, 0.717) is 11.3 Å². The summed E-state index contributed by atoms with van der Waals surface area (Å²) in [4.78, 5) is 12.5. The van der Waals surface area contributed by atoms with Crippen molar-refractivity contribution in [1.82, 2.24) is 9.97 Å². The van der Waals surface area contributed by atoms with Gasteiger partial charge in [0.15, 0.2) is 5.69 Å². The molecule has 7 rings (SSSR count). The average Bonchev–Trinajstić information content (AvgIpc) is 3.07. The molecule has 7 aromatic rings. The first-order valence-electron chi connectivity index (χ1n) is 13.6. The number of benzene rings is 5. The second-order valence-electron chi connectivity index (χ2n) is 10.0. The van der Waals surface area contributed by atoms with Crippen LogP contribution in [0.2, 0.25) is 0 Å². The highest BCUT2D eigenvalue weighted by Gasteiger charge is 2.17. The molecule has 0 unspecified atom stereocenters. The van der Waals surface area contributed by atoms with Gasteiger partial charge in [-0.05, 0) is 73.6 Å². The van der Waals surface area contributed by atoms with E-state index in [2.05, 4.69) is 118 Å². The molecular weight excluding hydrogens is 512 g/mol. The predicted molar refractivity (Wildman–Crippen MR) is 170 cm³/mol. The van der Waals surface area contributed by atoms with Gasteiger partial charge in [0.05, 0.1) is 29.6 Å². The Kier molecular flexibility index (Phi) is 6.21. The van der Waals surface area contributed by atoms with Crippen LogP contribution in [-0.2, 0) is 0 Å². The summed E-state index contributed by atoms with van der Waals surface area (Å²) in [6.07, 6.45) is 3.36. The first kappa shape index (κ1) is 24.9. The summed E-state index contributed by atoms with van der Waals surface area (Å²) in [5, 5.41) is 14.0. The zero-order valence-electron chi connectivity index (χ0n) is 22.5. The number of hydrogen-bond donors (Lipinski definition) is 0. The van der Waals surface area contributed by atoms with Gasteiger partial charge in [0.25, 0.3) is 0 Å². The van der Waals surface area contributed by atoms with Crippen molar-refractivity contribution in [3.8, 4) is 50.8 Å². The van der Waals surface area contributed by atoms with Crippen molar-refractivity contribution in [3.05, 3.63) is 151 Å². The molecule has 0 N–H and O–H groups in total. The number of nitrogens with zero attached hydrogens (tertiary/aromatic N) is 4. The molecule has 0 saturated heterocycles. The van der Waals surface area contributed by atoms with E-state index in [4.69, 9.17) is 6.57 Å². The Morgan fingerprint density at radius 2 is 0.952 bits per heavy atom. The zero-order valence-corrected chi connectivity index (χ0v) is 22.5. The van der Waals surface area contributed by atoms with Crippen molar-refractivity contribution in [1.29, 1.82) is 5.26 Å². The van der Waals surface area contributed by atoms with Crippen LogP contribution in [0.5, 0.6) is 0 Å². The number of hydrogen-bond acceptors (Lipinski definition) is 3. The Hall–Kier alpha value is -6.10. The lowest BCUT2D eigenvalue weighted by atomic mass is 9.85. The van der Waals surface area contributed by atoms with E-state index in [1.807, 2.05) is 12.1 Å². The molecule has 0 amide bonds. The number of fused-ring (bicyclic) bond motifs is 2. The molecule has 5 aromatic carbocycles. The Morgan fingerprint density at radius 3 is 1.40 bits per heavy atom. The van der Waals surface area contributed by atoms with E-state index in [-0.39, 0.29) is 0 Å². The fourth-order valence-corrected chi connectivity index (χ4v) is 5.67. The fraction of sp³-hybridized carbons (Fsp3) is 0. The van der Waals surface area contributed by atoms with E-state index >= 15 is 0 Å². The molecule has 2 aromatic heterocycles. The van der Waals surface area contributed by atoms with Crippen molar-refractivity contribution in [2.24, 2.45) is 0 Å². The third kappa shape index (κ3) is 4.34. The monoisotopic (exact) mass is 534 g/mol. The molecule has 0 bridgehead atoms. The molecular formula is C38H22N4. The Morgan fingerprint density at radius 1 is 0.524 bits per heavy atom. The van der Waals surface area contributed by atoms with E-state index in [1.165, 1.54) is 32.7 Å². The maximum absolute atomic E-state index is 9.30. The van der Waals surface area contributed by atoms with Gasteiger partial charge in [0.1, 0.15) is 0 Å². The topological polar surface area (TPSA) is 53.9 Å². The number of nitriles is 1. The van der Waals surface area contributed by atoms with Gasteiger partial charge >= 0.3 is 0 Å². The highest BCUT2D eigenvalue weighted by atomic mass is 14.7. The maximum atomic E-state index is 9.30. The van der Waals surface area contributed by atoms with Gasteiger partial charge in [0, 0.05) is 18.0 Å². The second-order valence-corrected chi connectivity index (χ2v) is 10.0. The van der Waals surface area contributed by atoms with Crippen molar-refractivity contribution >= 4 is 27.2 Å². The van der Waals surface area contributed by atoms with Crippen LogP contribution in [0, 0.1) is 17.9 Å². The summed E-state index contributed by atoms with van der Waals surface area (Å²) in [6, 6.07) is 43.3. The van der Waals surface area contributed by atoms with Crippen molar-refractivity contribution in [3.63, 3.8) is 0 Å². The van der Waals surface area contributed by atoms with Gasteiger partial charge in [-0.2, -0.15) is 5.26 Å². The average molecular weight is 535 g/mol. The van der Waals surface area contributed by atoms with E-state index < -0.39 is 0 Å². The summed E-state index contributed by atoms with van der Waals surface area (Å²) in [7, 11) is 0. The fourth-order valence-electron chi connectivity index (χ4n) is 5.67. The van der Waals surface area contributed by atoms with Crippen molar-refractivity contribution < 1.29 is 0 Å². The lowest BCUT2D eigenvalue weighted by Crippen LogP contribution is -1.91. The standard InChI is InChI=1S/C38H22N4/c1-40-30-19-21-42-36(23-30)27-12-16-29(17-13-27)38-33-8-4-2-6-31(33)37(32-7-3-5-9-34(32)38)28-14-10-26(11-15-28)35-22-25(24-39)18-20-41-35/h2-23H. The van der Waals surface area contributed by atoms with Crippen molar-refractivity contribution in [2.75, 3.05) is 0 Å². The van der Waals surface area contributed by atoms with Crippen LogP contribution < -0.4 is 0 Å². The minimum Gasteiger partial charge on any atom is -0.259 e. The molecule has 0 saturated carbocycles.